The van der Waals surface area contributed by atoms with Crippen LogP contribution >= 0.6 is 0 Å². The van der Waals surface area contributed by atoms with Crippen molar-refractivity contribution >= 4 is 17.8 Å². The van der Waals surface area contributed by atoms with Crippen molar-refractivity contribution in [3.63, 3.8) is 0 Å². The second-order valence-corrected chi connectivity index (χ2v) is 7.59. The van der Waals surface area contributed by atoms with Gasteiger partial charge in [0.25, 0.3) is 0 Å². The number of aliphatic carboxylic acids is 2. The second-order valence-electron chi connectivity index (χ2n) is 7.59. The van der Waals surface area contributed by atoms with Crippen LogP contribution < -0.4 is 10.6 Å². The lowest BCUT2D eigenvalue weighted by Gasteiger charge is -2.29. The molecule has 2 aromatic rings. The highest BCUT2D eigenvalue weighted by molar-refractivity contribution is 5.89. The van der Waals surface area contributed by atoms with Gasteiger partial charge < -0.3 is 15.5 Å². The van der Waals surface area contributed by atoms with Crippen molar-refractivity contribution in [2.75, 3.05) is 0 Å². The SMILES string of the molecule is C[C@H](NC(CCc1ccccc1)C(=O)O)C(=O)N[C@@](C)(Cc1ccccc1)C(=O)O. The monoisotopic (exact) mass is 412 g/mol. The van der Waals surface area contributed by atoms with Gasteiger partial charge in [0.1, 0.15) is 11.6 Å². The van der Waals surface area contributed by atoms with E-state index in [1.54, 1.807) is 24.3 Å². The summed E-state index contributed by atoms with van der Waals surface area (Å²) in [6.45, 7) is 2.97. The number of amides is 1. The summed E-state index contributed by atoms with van der Waals surface area (Å²) in [5.41, 5.74) is 0.260. The Morgan fingerprint density at radius 1 is 0.933 bits per heavy atom. The van der Waals surface area contributed by atoms with E-state index in [2.05, 4.69) is 10.6 Å². The lowest BCUT2D eigenvalue weighted by Crippen LogP contribution is -2.59. The van der Waals surface area contributed by atoms with Gasteiger partial charge in [-0.25, -0.2) is 4.79 Å². The third-order valence-electron chi connectivity index (χ3n) is 4.98. The first kappa shape index (κ1) is 23.1. The Bertz CT molecular complexity index is 856. The van der Waals surface area contributed by atoms with Crippen molar-refractivity contribution in [1.82, 2.24) is 10.6 Å². The topological polar surface area (TPSA) is 116 Å². The van der Waals surface area contributed by atoms with Crippen LogP contribution in [0.1, 0.15) is 31.4 Å². The molecule has 2 aromatic carbocycles. The maximum absolute atomic E-state index is 12.7. The summed E-state index contributed by atoms with van der Waals surface area (Å²) in [6, 6.07) is 16.7. The zero-order valence-corrected chi connectivity index (χ0v) is 17.2. The lowest BCUT2D eigenvalue weighted by atomic mass is 9.92. The molecule has 0 fully saturated rings. The number of benzene rings is 2. The molecule has 0 aromatic heterocycles. The molecule has 2 rings (SSSR count). The van der Waals surface area contributed by atoms with Crippen LogP contribution in [-0.4, -0.2) is 45.7 Å². The zero-order valence-electron chi connectivity index (χ0n) is 17.2. The molecule has 0 aliphatic carbocycles. The molecule has 0 saturated heterocycles. The third kappa shape index (κ3) is 6.70. The molecular formula is C23H28N2O5. The number of hydrogen-bond acceptors (Lipinski definition) is 4. The van der Waals surface area contributed by atoms with Crippen LogP contribution in [0.2, 0.25) is 0 Å². The largest absolute Gasteiger partial charge is 0.480 e. The van der Waals surface area contributed by atoms with Gasteiger partial charge in [-0.1, -0.05) is 60.7 Å². The maximum atomic E-state index is 12.7. The van der Waals surface area contributed by atoms with E-state index in [0.717, 1.165) is 11.1 Å². The van der Waals surface area contributed by atoms with Crippen LogP contribution in [-0.2, 0) is 27.2 Å². The zero-order chi connectivity index (χ0) is 22.1. The van der Waals surface area contributed by atoms with E-state index in [0.29, 0.717) is 12.8 Å². The highest BCUT2D eigenvalue weighted by Crippen LogP contribution is 2.14. The number of aryl methyl sites for hydroxylation is 1. The Balaban J connectivity index is 2.00. The highest BCUT2D eigenvalue weighted by Gasteiger charge is 2.36. The molecule has 0 spiro atoms. The minimum Gasteiger partial charge on any atom is -0.480 e. The first-order valence-corrected chi connectivity index (χ1v) is 9.83. The first-order valence-electron chi connectivity index (χ1n) is 9.83. The summed E-state index contributed by atoms with van der Waals surface area (Å²) in [6.07, 6.45) is 0.954. The fourth-order valence-electron chi connectivity index (χ4n) is 3.17. The Kier molecular flexibility index (Phi) is 8.12. The van der Waals surface area contributed by atoms with Crippen LogP contribution in [0, 0.1) is 0 Å². The van der Waals surface area contributed by atoms with E-state index in [-0.39, 0.29) is 6.42 Å². The van der Waals surface area contributed by atoms with E-state index < -0.39 is 35.5 Å². The van der Waals surface area contributed by atoms with Gasteiger partial charge in [0, 0.05) is 6.42 Å². The summed E-state index contributed by atoms with van der Waals surface area (Å²) in [4.78, 5) is 36.1. The fraction of sp³-hybridized carbons (Fsp3) is 0.348. The van der Waals surface area contributed by atoms with Crippen LogP contribution in [0.3, 0.4) is 0 Å². The molecule has 160 valence electrons. The average Bonchev–Trinajstić information content (AvgIpc) is 2.71. The van der Waals surface area contributed by atoms with Crippen molar-refractivity contribution in [3.05, 3.63) is 71.8 Å². The van der Waals surface area contributed by atoms with Crippen LogP contribution in [0.4, 0.5) is 0 Å². The quantitative estimate of drug-likeness (QED) is 0.450. The Morgan fingerprint density at radius 3 is 1.97 bits per heavy atom. The van der Waals surface area contributed by atoms with Crippen LogP contribution in [0.15, 0.2) is 60.7 Å². The lowest BCUT2D eigenvalue weighted by molar-refractivity contribution is -0.147. The standard InChI is InChI=1S/C23H28N2O5/c1-16(24-19(21(27)28)14-13-17-9-5-3-6-10-17)20(26)25-23(2,22(29)30)15-18-11-7-4-8-12-18/h3-12,16,19,24H,13-15H2,1-2H3,(H,25,26)(H,27,28)(H,29,30)/t16-,19?,23-/m0/s1. The van der Waals surface area contributed by atoms with Gasteiger partial charge in [0.05, 0.1) is 6.04 Å². The molecule has 0 heterocycles. The number of carboxylic acids is 2. The van der Waals surface area contributed by atoms with Gasteiger partial charge in [-0.15, -0.1) is 0 Å². The molecule has 4 N–H and O–H groups in total. The van der Waals surface area contributed by atoms with E-state index in [1.807, 2.05) is 36.4 Å². The molecule has 0 aliphatic rings. The van der Waals surface area contributed by atoms with Crippen LogP contribution in [0.5, 0.6) is 0 Å². The molecule has 0 aliphatic heterocycles. The molecule has 1 unspecified atom stereocenters. The average molecular weight is 412 g/mol. The van der Waals surface area contributed by atoms with Crippen molar-refractivity contribution < 1.29 is 24.6 Å². The van der Waals surface area contributed by atoms with Gasteiger partial charge >= 0.3 is 11.9 Å². The number of carboxylic acid groups (broad SMARTS) is 2. The molecule has 7 heteroatoms. The Labute approximate surface area is 176 Å². The van der Waals surface area contributed by atoms with Gasteiger partial charge in [-0.3, -0.25) is 14.9 Å². The van der Waals surface area contributed by atoms with Gasteiger partial charge in [-0.05, 0) is 37.8 Å². The summed E-state index contributed by atoms with van der Waals surface area (Å²) >= 11 is 0. The fourth-order valence-corrected chi connectivity index (χ4v) is 3.17. The highest BCUT2D eigenvalue weighted by atomic mass is 16.4. The van der Waals surface area contributed by atoms with Gasteiger partial charge in [0.15, 0.2) is 0 Å². The van der Waals surface area contributed by atoms with Crippen molar-refractivity contribution in [3.8, 4) is 0 Å². The minimum absolute atomic E-state index is 0.109. The maximum Gasteiger partial charge on any atom is 0.329 e. The van der Waals surface area contributed by atoms with Gasteiger partial charge in [0.2, 0.25) is 5.91 Å². The van der Waals surface area contributed by atoms with Crippen molar-refractivity contribution in [2.45, 2.75) is 50.7 Å². The number of carbonyl (C=O) groups is 3. The molecule has 1 amide bonds. The summed E-state index contributed by atoms with van der Waals surface area (Å²) in [7, 11) is 0. The summed E-state index contributed by atoms with van der Waals surface area (Å²) in [5.74, 6) is -2.79. The van der Waals surface area contributed by atoms with E-state index in [4.69, 9.17) is 0 Å². The molecule has 0 bridgehead atoms. The second kappa shape index (κ2) is 10.5. The normalized spacial score (nSPS) is 14.9. The minimum atomic E-state index is -1.52. The molecule has 7 nitrogen and oxygen atoms in total. The molecular weight excluding hydrogens is 384 g/mol. The predicted molar refractivity (Wildman–Crippen MR) is 113 cm³/mol. The Morgan fingerprint density at radius 2 is 1.47 bits per heavy atom. The van der Waals surface area contributed by atoms with Crippen molar-refractivity contribution in [2.24, 2.45) is 0 Å². The number of rotatable bonds is 11. The first-order chi connectivity index (χ1) is 14.2. The summed E-state index contributed by atoms with van der Waals surface area (Å²) in [5, 5.41) is 24.6. The number of hydrogen-bond donors (Lipinski definition) is 4. The van der Waals surface area contributed by atoms with Gasteiger partial charge in [-0.2, -0.15) is 0 Å². The molecule has 0 saturated carbocycles. The smallest absolute Gasteiger partial charge is 0.329 e. The number of carbonyl (C=O) groups excluding carboxylic acids is 1. The van der Waals surface area contributed by atoms with E-state index >= 15 is 0 Å². The molecule has 0 radical (unpaired) electrons. The number of nitrogens with one attached hydrogen (secondary N) is 2. The van der Waals surface area contributed by atoms with E-state index in [9.17, 15) is 24.6 Å². The predicted octanol–water partition coefficient (Wildman–Crippen LogP) is 2.25. The van der Waals surface area contributed by atoms with Crippen LogP contribution in [0.25, 0.3) is 0 Å². The van der Waals surface area contributed by atoms with E-state index in [1.165, 1.54) is 13.8 Å². The molecule has 3 atom stereocenters. The third-order valence-corrected chi connectivity index (χ3v) is 4.98. The summed E-state index contributed by atoms with van der Waals surface area (Å²) < 4.78 is 0. The Hall–Kier alpha value is -3.19. The van der Waals surface area contributed by atoms with Crippen molar-refractivity contribution in [1.29, 1.82) is 0 Å². The molecule has 30 heavy (non-hydrogen) atoms.